The molecule has 0 aliphatic heterocycles. The SMILES string of the molecule is CCN(CC)CCOC(=O)[C@@](O)(c1ccccc1)c1cc(C)ccc1C. The first kappa shape index (κ1) is 20.1. The molecule has 140 valence electrons. The normalized spacial score (nSPS) is 13.5. The van der Waals surface area contributed by atoms with Crippen LogP contribution in [-0.2, 0) is 15.1 Å². The fourth-order valence-electron chi connectivity index (χ4n) is 3.10. The molecule has 2 aromatic rings. The molecule has 0 unspecified atom stereocenters. The van der Waals surface area contributed by atoms with Crippen LogP contribution in [0, 0.1) is 13.8 Å². The van der Waals surface area contributed by atoms with Crippen LogP contribution in [0.1, 0.15) is 36.1 Å². The number of aryl methyl sites for hydroxylation is 2. The molecule has 0 fully saturated rings. The van der Waals surface area contributed by atoms with E-state index >= 15 is 0 Å². The van der Waals surface area contributed by atoms with Crippen molar-refractivity contribution in [3.05, 3.63) is 70.8 Å². The standard InChI is InChI=1S/C22H29NO3/c1-5-23(6-2)14-15-26-21(24)22(25,19-10-8-7-9-11-19)20-16-17(3)12-13-18(20)4/h7-13,16,25H,5-6,14-15H2,1-4H3/t22-/m1/s1. The lowest BCUT2D eigenvalue weighted by Gasteiger charge is -2.29. The van der Waals surface area contributed by atoms with E-state index in [2.05, 4.69) is 18.7 Å². The molecule has 2 rings (SSSR count). The van der Waals surface area contributed by atoms with Crippen LogP contribution in [-0.4, -0.2) is 42.2 Å². The predicted molar refractivity (Wildman–Crippen MR) is 104 cm³/mol. The summed E-state index contributed by atoms with van der Waals surface area (Å²) < 4.78 is 5.51. The van der Waals surface area contributed by atoms with E-state index in [9.17, 15) is 9.90 Å². The Morgan fingerprint density at radius 1 is 1.08 bits per heavy atom. The number of aliphatic hydroxyl groups is 1. The van der Waals surface area contributed by atoms with Gasteiger partial charge in [0, 0.05) is 12.1 Å². The number of hydrogen-bond acceptors (Lipinski definition) is 4. The molecule has 0 amide bonds. The summed E-state index contributed by atoms with van der Waals surface area (Å²) in [7, 11) is 0. The van der Waals surface area contributed by atoms with E-state index in [4.69, 9.17) is 4.74 Å². The summed E-state index contributed by atoms with van der Waals surface area (Å²) in [6.45, 7) is 10.7. The summed E-state index contributed by atoms with van der Waals surface area (Å²) in [5.74, 6) is -0.635. The molecule has 0 heterocycles. The van der Waals surface area contributed by atoms with E-state index in [0.29, 0.717) is 17.7 Å². The monoisotopic (exact) mass is 355 g/mol. The van der Waals surface area contributed by atoms with Gasteiger partial charge in [0.2, 0.25) is 5.60 Å². The average Bonchev–Trinajstić information content (AvgIpc) is 2.67. The maximum atomic E-state index is 13.0. The lowest BCUT2D eigenvalue weighted by atomic mass is 9.83. The molecule has 0 radical (unpaired) electrons. The van der Waals surface area contributed by atoms with Crippen LogP contribution < -0.4 is 0 Å². The molecule has 4 heteroatoms. The van der Waals surface area contributed by atoms with Gasteiger partial charge in [0.15, 0.2) is 0 Å². The molecule has 0 saturated heterocycles. The van der Waals surface area contributed by atoms with Gasteiger partial charge in [-0.2, -0.15) is 0 Å². The second kappa shape index (κ2) is 8.97. The molecule has 0 bridgehead atoms. The predicted octanol–water partition coefficient (Wildman–Crippen LogP) is 3.42. The smallest absolute Gasteiger partial charge is 0.347 e. The molecular formula is C22H29NO3. The van der Waals surface area contributed by atoms with Gasteiger partial charge in [0.05, 0.1) is 0 Å². The number of esters is 1. The zero-order valence-electron chi connectivity index (χ0n) is 16.2. The van der Waals surface area contributed by atoms with Crippen molar-refractivity contribution < 1.29 is 14.6 Å². The maximum absolute atomic E-state index is 13.0. The lowest BCUT2D eigenvalue weighted by molar-refractivity contribution is -0.162. The second-order valence-corrected chi connectivity index (χ2v) is 6.56. The first-order chi connectivity index (χ1) is 12.4. The summed E-state index contributed by atoms with van der Waals surface area (Å²) in [6, 6.07) is 14.7. The molecule has 0 aliphatic carbocycles. The highest BCUT2D eigenvalue weighted by molar-refractivity contribution is 5.86. The minimum Gasteiger partial charge on any atom is -0.462 e. The Kier molecular flexibility index (Phi) is 6.95. The van der Waals surface area contributed by atoms with Crippen molar-refractivity contribution in [3.63, 3.8) is 0 Å². The van der Waals surface area contributed by atoms with Crippen molar-refractivity contribution >= 4 is 5.97 Å². The number of ether oxygens (including phenoxy) is 1. The third kappa shape index (κ3) is 4.32. The topological polar surface area (TPSA) is 49.8 Å². The number of carbonyl (C=O) groups excluding carboxylic acids is 1. The van der Waals surface area contributed by atoms with Crippen LogP contribution in [0.25, 0.3) is 0 Å². The van der Waals surface area contributed by atoms with Crippen molar-refractivity contribution in [2.45, 2.75) is 33.3 Å². The molecule has 26 heavy (non-hydrogen) atoms. The maximum Gasteiger partial charge on any atom is 0.347 e. The summed E-state index contributed by atoms with van der Waals surface area (Å²) >= 11 is 0. The fraction of sp³-hybridized carbons (Fsp3) is 0.409. The van der Waals surface area contributed by atoms with Crippen LogP contribution in [0.5, 0.6) is 0 Å². The van der Waals surface area contributed by atoms with E-state index in [1.165, 1.54) is 0 Å². The zero-order chi connectivity index (χ0) is 19.2. The molecule has 1 N–H and O–H groups in total. The van der Waals surface area contributed by atoms with Gasteiger partial charge < -0.3 is 14.7 Å². The Morgan fingerprint density at radius 3 is 2.35 bits per heavy atom. The minimum atomic E-state index is -1.82. The van der Waals surface area contributed by atoms with Gasteiger partial charge in [-0.3, -0.25) is 0 Å². The Labute approximate surface area is 156 Å². The van der Waals surface area contributed by atoms with Gasteiger partial charge in [-0.15, -0.1) is 0 Å². The molecular weight excluding hydrogens is 326 g/mol. The summed E-state index contributed by atoms with van der Waals surface area (Å²) in [4.78, 5) is 15.2. The molecule has 0 spiro atoms. The van der Waals surface area contributed by atoms with E-state index in [-0.39, 0.29) is 6.61 Å². The Morgan fingerprint density at radius 2 is 1.73 bits per heavy atom. The van der Waals surface area contributed by atoms with Crippen LogP contribution in [0.15, 0.2) is 48.5 Å². The van der Waals surface area contributed by atoms with Crippen molar-refractivity contribution in [1.82, 2.24) is 4.90 Å². The highest BCUT2D eigenvalue weighted by Gasteiger charge is 2.42. The van der Waals surface area contributed by atoms with E-state index < -0.39 is 11.6 Å². The number of carbonyl (C=O) groups is 1. The Hall–Kier alpha value is -2.17. The molecule has 0 aliphatic rings. The summed E-state index contributed by atoms with van der Waals surface area (Å²) in [6.07, 6.45) is 0. The van der Waals surface area contributed by atoms with Crippen LogP contribution in [0.4, 0.5) is 0 Å². The van der Waals surface area contributed by atoms with Gasteiger partial charge in [0.1, 0.15) is 6.61 Å². The van der Waals surface area contributed by atoms with Gasteiger partial charge in [0.25, 0.3) is 0 Å². The lowest BCUT2D eigenvalue weighted by Crippen LogP contribution is -2.40. The summed E-state index contributed by atoms with van der Waals surface area (Å²) in [5.41, 5.74) is 1.09. The highest BCUT2D eigenvalue weighted by Crippen LogP contribution is 2.33. The van der Waals surface area contributed by atoms with E-state index in [1.807, 2.05) is 50.2 Å². The quantitative estimate of drug-likeness (QED) is 0.737. The van der Waals surface area contributed by atoms with E-state index in [1.54, 1.807) is 12.1 Å². The Balaban J connectivity index is 2.36. The number of benzene rings is 2. The number of likely N-dealkylation sites (N-methyl/N-ethyl adjacent to an activating group) is 1. The first-order valence-corrected chi connectivity index (χ1v) is 9.18. The highest BCUT2D eigenvalue weighted by atomic mass is 16.5. The molecule has 0 saturated carbocycles. The summed E-state index contributed by atoms with van der Waals surface area (Å²) in [5, 5.41) is 11.5. The molecule has 0 aromatic heterocycles. The van der Waals surface area contributed by atoms with Gasteiger partial charge >= 0.3 is 5.97 Å². The second-order valence-electron chi connectivity index (χ2n) is 6.56. The fourth-order valence-corrected chi connectivity index (χ4v) is 3.10. The molecule has 4 nitrogen and oxygen atoms in total. The van der Waals surface area contributed by atoms with Crippen molar-refractivity contribution in [2.75, 3.05) is 26.2 Å². The largest absolute Gasteiger partial charge is 0.462 e. The van der Waals surface area contributed by atoms with Crippen LogP contribution in [0.3, 0.4) is 0 Å². The van der Waals surface area contributed by atoms with E-state index in [0.717, 1.165) is 24.2 Å². The van der Waals surface area contributed by atoms with Gasteiger partial charge in [-0.25, -0.2) is 4.79 Å². The Bertz CT molecular complexity index is 725. The van der Waals surface area contributed by atoms with Gasteiger partial charge in [-0.1, -0.05) is 67.9 Å². The molecule has 1 atom stereocenters. The third-order valence-corrected chi connectivity index (χ3v) is 4.80. The van der Waals surface area contributed by atoms with Crippen LogP contribution in [0.2, 0.25) is 0 Å². The number of rotatable bonds is 8. The number of nitrogens with zero attached hydrogens (tertiary/aromatic N) is 1. The van der Waals surface area contributed by atoms with Crippen molar-refractivity contribution in [1.29, 1.82) is 0 Å². The third-order valence-electron chi connectivity index (χ3n) is 4.80. The first-order valence-electron chi connectivity index (χ1n) is 9.18. The number of hydrogen-bond donors (Lipinski definition) is 1. The van der Waals surface area contributed by atoms with Gasteiger partial charge in [-0.05, 0) is 38.1 Å². The average molecular weight is 355 g/mol. The van der Waals surface area contributed by atoms with Crippen molar-refractivity contribution in [2.24, 2.45) is 0 Å². The zero-order valence-corrected chi connectivity index (χ0v) is 16.2. The minimum absolute atomic E-state index is 0.251. The van der Waals surface area contributed by atoms with Crippen LogP contribution >= 0.6 is 0 Å². The molecule has 2 aromatic carbocycles. The van der Waals surface area contributed by atoms with Crippen molar-refractivity contribution in [3.8, 4) is 0 Å².